The van der Waals surface area contributed by atoms with E-state index in [2.05, 4.69) is 53.5 Å². The van der Waals surface area contributed by atoms with E-state index in [0.29, 0.717) is 11.8 Å². The summed E-state index contributed by atoms with van der Waals surface area (Å²) in [5.74, 6) is 2.17. The molecule has 1 rings (SSSR count). The van der Waals surface area contributed by atoms with Crippen LogP contribution in [0.25, 0.3) is 0 Å². The second-order valence-corrected chi connectivity index (χ2v) is 6.08. The number of aromatic nitrogens is 2. The molecule has 1 N–H and O–H groups in total. The predicted octanol–water partition coefficient (Wildman–Crippen LogP) is 4.73. The number of imidazole rings is 1. The molecule has 17 heavy (non-hydrogen) atoms. The lowest BCUT2D eigenvalue weighted by Crippen LogP contribution is -2.18. The molecule has 1 unspecified atom stereocenters. The Labute approximate surface area is 106 Å². The zero-order valence-corrected chi connectivity index (χ0v) is 12.5. The van der Waals surface area contributed by atoms with Gasteiger partial charge in [-0.2, -0.15) is 0 Å². The quantitative estimate of drug-likeness (QED) is 0.786. The average molecular weight is 236 g/mol. The average Bonchev–Trinajstić information content (AvgIpc) is 2.73. The summed E-state index contributed by atoms with van der Waals surface area (Å²) in [5, 5.41) is 0. The van der Waals surface area contributed by atoms with Crippen molar-refractivity contribution < 1.29 is 0 Å². The van der Waals surface area contributed by atoms with Gasteiger partial charge in [-0.25, -0.2) is 4.98 Å². The maximum Gasteiger partial charge on any atom is 0.109 e. The predicted molar refractivity (Wildman–Crippen MR) is 74.7 cm³/mol. The highest BCUT2D eigenvalue weighted by atomic mass is 15.0. The molecular weight excluding hydrogens is 208 g/mol. The number of aromatic amines is 1. The first-order valence-electron chi connectivity index (χ1n) is 6.93. The number of nitrogens with zero attached hydrogens (tertiary/aromatic N) is 1. The van der Waals surface area contributed by atoms with Crippen LogP contribution in [0.15, 0.2) is 0 Å². The van der Waals surface area contributed by atoms with E-state index in [9.17, 15) is 0 Å². The van der Waals surface area contributed by atoms with Crippen LogP contribution in [0.4, 0.5) is 0 Å². The summed E-state index contributed by atoms with van der Waals surface area (Å²) in [4.78, 5) is 8.43. The van der Waals surface area contributed by atoms with Crippen molar-refractivity contribution >= 4 is 0 Å². The number of nitrogens with one attached hydrogen (secondary N) is 1. The van der Waals surface area contributed by atoms with Gasteiger partial charge < -0.3 is 4.98 Å². The van der Waals surface area contributed by atoms with Gasteiger partial charge in [0, 0.05) is 17.0 Å². The molecule has 0 saturated heterocycles. The van der Waals surface area contributed by atoms with Crippen molar-refractivity contribution in [2.24, 2.45) is 0 Å². The van der Waals surface area contributed by atoms with Gasteiger partial charge in [0.1, 0.15) is 5.82 Å². The molecule has 0 aliphatic carbocycles. The lowest BCUT2D eigenvalue weighted by atomic mass is 9.83. The molecule has 1 heterocycles. The molecule has 0 aliphatic rings. The van der Waals surface area contributed by atoms with Crippen molar-refractivity contribution in [1.82, 2.24) is 9.97 Å². The van der Waals surface area contributed by atoms with Gasteiger partial charge in [0.05, 0.1) is 5.69 Å². The molecule has 0 fully saturated rings. The van der Waals surface area contributed by atoms with E-state index >= 15 is 0 Å². The van der Waals surface area contributed by atoms with Crippen LogP contribution in [-0.2, 0) is 5.41 Å². The summed E-state index contributed by atoms with van der Waals surface area (Å²) in [5.41, 5.74) is 2.79. The van der Waals surface area contributed by atoms with Gasteiger partial charge in [-0.1, -0.05) is 48.5 Å². The standard InChI is InChI=1S/C15H28N2/c1-8-11(5)14-16-12(10(3)4)13(17-14)15(6,7)9-2/h10-11H,8-9H2,1-7H3,(H,16,17). The molecule has 2 nitrogen and oxygen atoms in total. The summed E-state index contributed by atoms with van der Waals surface area (Å²) in [6, 6.07) is 0. The van der Waals surface area contributed by atoms with Gasteiger partial charge in [-0.05, 0) is 18.8 Å². The van der Waals surface area contributed by atoms with Gasteiger partial charge in [0.15, 0.2) is 0 Å². The second-order valence-electron chi connectivity index (χ2n) is 6.08. The topological polar surface area (TPSA) is 28.7 Å². The lowest BCUT2D eigenvalue weighted by molar-refractivity contribution is 0.483. The normalized spacial score (nSPS) is 14.4. The molecule has 0 bridgehead atoms. The molecule has 0 aliphatic heterocycles. The lowest BCUT2D eigenvalue weighted by Gasteiger charge is -2.23. The van der Waals surface area contributed by atoms with Crippen molar-refractivity contribution in [3.8, 4) is 0 Å². The Morgan fingerprint density at radius 3 is 2.18 bits per heavy atom. The van der Waals surface area contributed by atoms with Crippen LogP contribution in [0.2, 0.25) is 0 Å². The first-order valence-corrected chi connectivity index (χ1v) is 6.93. The Kier molecular flexibility index (Phi) is 4.40. The number of rotatable bonds is 5. The van der Waals surface area contributed by atoms with Gasteiger partial charge in [-0.15, -0.1) is 0 Å². The van der Waals surface area contributed by atoms with E-state index in [1.807, 2.05) is 0 Å². The van der Waals surface area contributed by atoms with Crippen LogP contribution >= 0.6 is 0 Å². The summed E-state index contributed by atoms with van der Waals surface area (Å²) < 4.78 is 0. The molecular formula is C15H28N2. The third-order valence-corrected chi connectivity index (χ3v) is 3.94. The van der Waals surface area contributed by atoms with Crippen LogP contribution in [0.5, 0.6) is 0 Å². The Hall–Kier alpha value is -0.790. The van der Waals surface area contributed by atoms with E-state index in [0.717, 1.165) is 18.7 Å². The van der Waals surface area contributed by atoms with E-state index in [-0.39, 0.29) is 5.41 Å². The first kappa shape index (κ1) is 14.3. The summed E-state index contributed by atoms with van der Waals surface area (Å²) in [6.45, 7) is 15.8. The maximum absolute atomic E-state index is 4.84. The van der Waals surface area contributed by atoms with Gasteiger partial charge in [0.2, 0.25) is 0 Å². The monoisotopic (exact) mass is 236 g/mol. The van der Waals surface area contributed by atoms with Crippen molar-refractivity contribution in [3.05, 3.63) is 17.2 Å². The fraction of sp³-hybridized carbons (Fsp3) is 0.800. The van der Waals surface area contributed by atoms with Crippen LogP contribution in [0, 0.1) is 0 Å². The van der Waals surface area contributed by atoms with E-state index in [1.54, 1.807) is 0 Å². The van der Waals surface area contributed by atoms with Crippen molar-refractivity contribution in [3.63, 3.8) is 0 Å². The zero-order chi connectivity index (χ0) is 13.2. The van der Waals surface area contributed by atoms with Crippen molar-refractivity contribution in [2.75, 3.05) is 0 Å². The summed E-state index contributed by atoms with van der Waals surface area (Å²) in [6.07, 6.45) is 2.27. The molecule has 0 spiro atoms. The van der Waals surface area contributed by atoms with Crippen molar-refractivity contribution in [1.29, 1.82) is 0 Å². The van der Waals surface area contributed by atoms with Crippen LogP contribution in [-0.4, -0.2) is 9.97 Å². The van der Waals surface area contributed by atoms with Crippen LogP contribution in [0.1, 0.15) is 90.4 Å². The molecule has 0 amide bonds. The largest absolute Gasteiger partial charge is 0.345 e. The molecule has 0 saturated carbocycles. The van der Waals surface area contributed by atoms with Gasteiger partial charge in [-0.3, -0.25) is 0 Å². The number of H-pyrrole nitrogens is 1. The molecule has 98 valence electrons. The minimum Gasteiger partial charge on any atom is -0.345 e. The fourth-order valence-electron chi connectivity index (χ4n) is 1.94. The Morgan fingerprint density at radius 2 is 1.76 bits per heavy atom. The van der Waals surface area contributed by atoms with Gasteiger partial charge >= 0.3 is 0 Å². The highest BCUT2D eigenvalue weighted by Gasteiger charge is 2.27. The molecule has 1 aromatic rings. The molecule has 0 aromatic carbocycles. The van der Waals surface area contributed by atoms with E-state index in [1.165, 1.54) is 11.4 Å². The highest BCUT2D eigenvalue weighted by molar-refractivity contribution is 5.26. The molecule has 2 heteroatoms. The van der Waals surface area contributed by atoms with Crippen molar-refractivity contribution in [2.45, 2.75) is 78.6 Å². The number of hydrogen-bond acceptors (Lipinski definition) is 1. The Morgan fingerprint density at radius 1 is 1.18 bits per heavy atom. The molecule has 0 radical (unpaired) electrons. The Balaban J connectivity index is 3.23. The minimum absolute atomic E-state index is 0.193. The summed E-state index contributed by atoms with van der Waals surface area (Å²) >= 11 is 0. The summed E-state index contributed by atoms with van der Waals surface area (Å²) in [7, 11) is 0. The van der Waals surface area contributed by atoms with E-state index < -0.39 is 0 Å². The third kappa shape index (κ3) is 2.91. The third-order valence-electron chi connectivity index (χ3n) is 3.94. The van der Waals surface area contributed by atoms with Crippen LogP contribution < -0.4 is 0 Å². The SMILES string of the molecule is CCC(C)c1nc(C(C)C)c(C(C)(C)CC)[nH]1. The fourth-order valence-corrected chi connectivity index (χ4v) is 1.94. The molecule has 1 atom stereocenters. The Bertz CT molecular complexity index is 361. The maximum atomic E-state index is 4.84. The number of hydrogen-bond donors (Lipinski definition) is 1. The second kappa shape index (κ2) is 5.24. The van der Waals surface area contributed by atoms with E-state index in [4.69, 9.17) is 4.98 Å². The smallest absolute Gasteiger partial charge is 0.109 e. The molecule has 1 aromatic heterocycles. The van der Waals surface area contributed by atoms with Gasteiger partial charge in [0.25, 0.3) is 0 Å². The first-order chi connectivity index (χ1) is 7.83. The zero-order valence-electron chi connectivity index (χ0n) is 12.5. The minimum atomic E-state index is 0.193. The highest BCUT2D eigenvalue weighted by Crippen LogP contribution is 2.33. The van der Waals surface area contributed by atoms with Crippen LogP contribution in [0.3, 0.4) is 0 Å².